The molecule has 2 heterocycles. The van der Waals surface area contributed by atoms with Crippen LogP contribution in [0.3, 0.4) is 0 Å². The van der Waals surface area contributed by atoms with Crippen molar-refractivity contribution in [3.05, 3.63) is 11.7 Å². The molecule has 0 bridgehead atoms. The summed E-state index contributed by atoms with van der Waals surface area (Å²) in [5, 5.41) is 13.2. The highest BCUT2D eigenvalue weighted by atomic mass is 16.5. The lowest BCUT2D eigenvalue weighted by Gasteiger charge is -2.27. The maximum atomic E-state index is 9.23. The summed E-state index contributed by atoms with van der Waals surface area (Å²) in [6.07, 6.45) is 2.32. The van der Waals surface area contributed by atoms with Crippen LogP contribution in [-0.2, 0) is 6.42 Å². The summed E-state index contributed by atoms with van der Waals surface area (Å²) < 4.78 is 5.12. The van der Waals surface area contributed by atoms with E-state index in [9.17, 15) is 5.11 Å². The standard InChI is InChI=1S/C11H19N3O2/c1-8(15)6-10-12-11(13-16-10)9-4-3-5-14(2)7-9/h8-9,15H,3-7H2,1-2H3. The molecule has 1 aliphatic heterocycles. The number of likely N-dealkylation sites (N-methyl/N-ethyl adjacent to an activating group) is 1. The lowest BCUT2D eigenvalue weighted by Crippen LogP contribution is -2.31. The first-order valence-corrected chi connectivity index (χ1v) is 5.84. The number of aromatic nitrogens is 2. The second-order valence-electron chi connectivity index (χ2n) is 4.70. The van der Waals surface area contributed by atoms with Gasteiger partial charge in [-0.25, -0.2) is 0 Å². The van der Waals surface area contributed by atoms with Crippen molar-refractivity contribution >= 4 is 0 Å². The quantitative estimate of drug-likeness (QED) is 0.824. The summed E-state index contributed by atoms with van der Waals surface area (Å²) in [5.41, 5.74) is 0. The van der Waals surface area contributed by atoms with Crippen molar-refractivity contribution in [1.82, 2.24) is 15.0 Å². The average molecular weight is 225 g/mol. The second-order valence-corrected chi connectivity index (χ2v) is 4.70. The molecule has 1 saturated heterocycles. The Morgan fingerprint density at radius 2 is 2.44 bits per heavy atom. The lowest BCUT2D eigenvalue weighted by molar-refractivity contribution is 0.181. The van der Waals surface area contributed by atoms with E-state index in [1.165, 1.54) is 6.42 Å². The van der Waals surface area contributed by atoms with Gasteiger partial charge >= 0.3 is 0 Å². The molecule has 2 rings (SSSR count). The van der Waals surface area contributed by atoms with Crippen LogP contribution in [0.25, 0.3) is 0 Å². The number of hydrogen-bond acceptors (Lipinski definition) is 5. The van der Waals surface area contributed by atoms with Gasteiger partial charge in [-0.15, -0.1) is 0 Å². The molecule has 0 saturated carbocycles. The number of aliphatic hydroxyl groups is 1. The minimum absolute atomic E-state index is 0.380. The molecular formula is C11H19N3O2. The molecule has 1 aromatic rings. The van der Waals surface area contributed by atoms with E-state index in [0.29, 0.717) is 18.2 Å². The molecule has 0 aromatic carbocycles. The second kappa shape index (κ2) is 4.93. The summed E-state index contributed by atoms with van der Waals surface area (Å²) >= 11 is 0. The van der Waals surface area contributed by atoms with E-state index in [-0.39, 0.29) is 0 Å². The highest BCUT2D eigenvalue weighted by Crippen LogP contribution is 2.23. The number of rotatable bonds is 3. The van der Waals surface area contributed by atoms with Crippen molar-refractivity contribution in [3.8, 4) is 0 Å². The van der Waals surface area contributed by atoms with Crippen LogP contribution in [0.2, 0.25) is 0 Å². The summed E-state index contributed by atoms with van der Waals surface area (Å²) in [6, 6.07) is 0. The third-order valence-electron chi connectivity index (χ3n) is 2.94. The summed E-state index contributed by atoms with van der Waals surface area (Å²) in [6.45, 7) is 3.86. The molecule has 2 unspecified atom stereocenters. The van der Waals surface area contributed by atoms with E-state index in [1.54, 1.807) is 6.92 Å². The number of nitrogens with zero attached hydrogens (tertiary/aromatic N) is 3. The van der Waals surface area contributed by atoms with Crippen LogP contribution in [0, 0.1) is 0 Å². The minimum Gasteiger partial charge on any atom is -0.393 e. The molecule has 0 spiro atoms. The fourth-order valence-corrected chi connectivity index (χ4v) is 2.15. The molecule has 16 heavy (non-hydrogen) atoms. The largest absolute Gasteiger partial charge is 0.393 e. The van der Waals surface area contributed by atoms with Gasteiger partial charge in [0.15, 0.2) is 5.82 Å². The zero-order valence-corrected chi connectivity index (χ0v) is 9.89. The molecule has 0 aliphatic carbocycles. The predicted molar refractivity (Wildman–Crippen MR) is 59.2 cm³/mol. The predicted octanol–water partition coefficient (Wildman–Crippen LogP) is 0.802. The summed E-state index contributed by atoms with van der Waals surface area (Å²) in [5.74, 6) is 1.71. The first kappa shape index (κ1) is 11.5. The normalized spacial score (nSPS) is 24.6. The Morgan fingerprint density at radius 1 is 1.62 bits per heavy atom. The number of aliphatic hydroxyl groups excluding tert-OH is 1. The van der Waals surface area contributed by atoms with Crippen molar-refractivity contribution in [3.63, 3.8) is 0 Å². The van der Waals surface area contributed by atoms with Crippen molar-refractivity contribution < 1.29 is 9.63 Å². The molecule has 2 atom stereocenters. The van der Waals surface area contributed by atoms with Crippen molar-refractivity contribution in [1.29, 1.82) is 0 Å². The third kappa shape index (κ3) is 2.80. The molecule has 0 radical (unpaired) electrons. The third-order valence-corrected chi connectivity index (χ3v) is 2.94. The van der Waals surface area contributed by atoms with E-state index in [0.717, 1.165) is 25.3 Å². The van der Waals surface area contributed by atoms with E-state index < -0.39 is 6.10 Å². The zero-order chi connectivity index (χ0) is 11.5. The zero-order valence-electron chi connectivity index (χ0n) is 9.89. The van der Waals surface area contributed by atoms with Gasteiger partial charge in [0.25, 0.3) is 0 Å². The first-order chi connectivity index (χ1) is 7.65. The molecule has 0 amide bonds. The van der Waals surface area contributed by atoms with E-state index in [1.807, 2.05) is 0 Å². The molecule has 1 N–H and O–H groups in total. The number of likely N-dealkylation sites (tertiary alicyclic amines) is 1. The molecule has 1 aromatic heterocycles. The Labute approximate surface area is 95.4 Å². The van der Waals surface area contributed by atoms with Gasteiger partial charge in [0, 0.05) is 12.5 Å². The van der Waals surface area contributed by atoms with Gasteiger partial charge in [0.05, 0.1) is 12.5 Å². The van der Waals surface area contributed by atoms with Gasteiger partial charge in [0.2, 0.25) is 5.89 Å². The fraction of sp³-hybridized carbons (Fsp3) is 0.818. The van der Waals surface area contributed by atoms with Crippen LogP contribution in [-0.4, -0.2) is 46.4 Å². The van der Waals surface area contributed by atoms with Crippen LogP contribution in [0.15, 0.2) is 4.52 Å². The first-order valence-electron chi connectivity index (χ1n) is 5.84. The molecular weight excluding hydrogens is 206 g/mol. The van der Waals surface area contributed by atoms with Crippen LogP contribution >= 0.6 is 0 Å². The Morgan fingerprint density at radius 3 is 3.12 bits per heavy atom. The van der Waals surface area contributed by atoms with Crippen molar-refractivity contribution in [2.75, 3.05) is 20.1 Å². The molecule has 90 valence electrons. The van der Waals surface area contributed by atoms with Gasteiger partial charge < -0.3 is 14.5 Å². The monoisotopic (exact) mass is 225 g/mol. The van der Waals surface area contributed by atoms with Crippen LogP contribution < -0.4 is 0 Å². The van der Waals surface area contributed by atoms with Gasteiger partial charge in [-0.2, -0.15) is 4.98 Å². The lowest BCUT2D eigenvalue weighted by atomic mass is 9.98. The molecule has 5 nitrogen and oxygen atoms in total. The van der Waals surface area contributed by atoms with Gasteiger partial charge in [-0.05, 0) is 33.4 Å². The Bertz CT molecular complexity index is 338. The van der Waals surface area contributed by atoms with Crippen LogP contribution in [0.1, 0.15) is 37.4 Å². The molecule has 1 fully saturated rings. The smallest absolute Gasteiger partial charge is 0.229 e. The van der Waals surface area contributed by atoms with E-state index in [4.69, 9.17) is 4.52 Å². The average Bonchev–Trinajstić information content (AvgIpc) is 2.65. The Hall–Kier alpha value is -0.940. The fourth-order valence-electron chi connectivity index (χ4n) is 2.15. The van der Waals surface area contributed by atoms with Gasteiger partial charge in [0.1, 0.15) is 0 Å². The summed E-state index contributed by atoms with van der Waals surface area (Å²) in [4.78, 5) is 6.63. The SMILES string of the molecule is CC(O)Cc1nc(C2CCCN(C)C2)no1. The maximum absolute atomic E-state index is 9.23. The number of hydrogen-bond donors (Lipinski definition) is 1. The highest BCUT2D eigenvalue weighted by molar-refractivity contribution is 4.98. The number of piperidine rings is 1. The molecule has 5 heteroatoms. The van der Waals surface area contributed by atoms with Gasteiger partial charge in [-0.3, -0.25) is 0 Å². The van der Waals surface area contributed by atoms with Crippen molar-refractivity contribution in [2.24, 2.45) is 0 Å². The van der Waals surface area contributed by atoms with Crippen molar-refractivity contribution in [2.45, 2.75) is 38.2 Å². The minimum atomic E-state index is -0.428. The van der Waals surface area contributed by atoms with E-state index in [2.05, 4.69) is 22.1 Å². The topological polar surface area (TPSA) is 62.4 Å². The van der Waals surface area contributed by atoms with Crippen LogP contribution in [0.5, 0.6) is 0 Å². The van der Waals surface area contributed by atoms with E-state index >= 15 is 0 Å². The van der Waals surface area contributed by atoms with Gasteiger partial charge in [-0.1, -0.05) is 5.16 Å². The Kier molecular flexibility index (Phi) is 3.56. The summed E-state index contributed by atoms with van der Waals surface area (Å²) in [7, 11) is 2.11. The Balaban J connectivity index is 2.00. The molecule has 1 aliphatic rings. The maximum Gasteiger partial charge on any atom is 0.229 e. The van der Waals surface area contributed by atoms with Crippen LogP contribution in [0.4, 0.5) is 0 Å². The highest BCUT2D eigenvalue weighted by Gasteiger charge is 2.23.